The van der Waals surface area contributed by atoms with E-state index >= 15 is 0 Å². The van der Waals surface area contributed by atoms with Gasteiger partial charge in [0.2, 0.25) is 5.95 Å². The minimum atomic E-state index is -0.301. The summed E-state index contributed by atoms with van der Waals surface area (Å²) in [5, 5.41) is 6.10. The van der Waals surface area contributed by atoms with Gasteiger partial charge in [-0.15, -0.1) is 0 Å². The molecular formula is C18H24N4O. The summed E-state index contributed by atoms with van der Waals surface area (Å²) in [5.74, 6) is 0.271. The second-order valence-corrected chi connectivity index (χ2v) is 6.76. The van der Waals surface area contributed by atoms with Crippen LogP contribution >= 0.6 is 0 Å². The second-order valence-electron chi connectivity index (χ2n) is 6.76. The van der Waals surface area contributed by atoms with Gasteiger partial charge in [-0.25, -0.2) is 9.97 Å². The molecule has 0 aliphatic carbocycles. The third-order valence-corrected chi connectivity index (χ3v) is 3.11. The molecular weight excluding hydrogens is 288 g/mol. The molecule has 0 atom stereocenters. The zero-order chi connectivity index (χ0) is 17.0. The second kappa shape index (κ2) is 6.77. The average molecular weight is 312 g/mol. The lowest BCUT2D eigenvalue weighted by molar-refractivity contribution is 0.0914. The number of anilines is 1. The van der Waals surface area contributed by atoms with E-state index in [4.69, 9.17) is 0 Å². The Morgan fingerprint density at radius 3 is 2.52 bits per heavy atom. The standard InChI is InChI=1S/C18H24N4O/c1-12-7-6-8-14(9-12)11-19-17-20-13(2)10-15(21-17)16(23)22-18(3,4)5/h6-10H,11H2,1-5H3,(H,22,23)(H,19,20,21). The van der Waals surface area contributed by atoms with Crippen molar-refractivity contribution in [1.29, 1.82) is 0 Å². The summed E-state index contributed by atoms with van der Waals surface area (Å²) in [7, 11) is 0. The van der Waals surface area contributed by atoms with Crippen molar-refractivity contribution in [3.63, 3.8) is 0 Å². The lowest BCUT2D eigenvalue weighted by atomic mass is 10.1. The van der Waals surface area contributed by atoms with Gasteiger partial charge in [-0.2, -0.15) is 0 Å². The summed E-state index contributed by atoms with van der Waals surface area (Å²) in [6, 6.07) is 9.92. The van der Waals surface area contributed by atoms with Crippen LogP contribution in [0.15, 0.2) is 30.3 Å². The molecule has 0 radical (unpaired) electrons. The highest BCUT2D eigenvalue weighted by atomic mass is 16.2. The molecule has 1 aromatic carbocycles. The van der Waals surface area contributed by atoms with E-state index in [1.54, 1.807) is 6.07 Å². The first-order chi connectivity index (χ1) is 10.7. The largest absolute Gasteiger partial charge is 0.350 e. The predicted octanol–water partition coefficient (Wildman–Crippen LogP) is 3.23. The van der Waals surface area contributed by atoms with E-state index in [1.807, 2.05) is 39.8 Å². The van der Waals surface area contributed by atoms with Gasteiger partial charge in [-0.1, -0.05) is 29.8 Å². The normalized spacial score (nSPS) is 11.2. The first-order valence-corrected chi connectivity index (χ1v) is 7.70. The minimum Gasteiger partial charge on any atom is -0.350 e. The van der Waals surface area contributed by atoms with Gasteiger partial charge >= 0.3 is 0 Å². The van der Waals surface area contributed by atoms with Gasteiger partial charge in [-0.3, -0.25) is 4.79 Å². The SMILES string of the molecule is Cc1cccc(CNc2nc(C)cc(C(=O)NC(C)(C)C)n2)c1. The smallest absolute Gasteiger partial charge is 0.270 e. The molecule has 0 saturated heterocycles. The Hall–Kier alpha value is -2.43. The van der Waals surface area contributed by atoms with Crippen LogP contribution in [0.25, 0.3) is 0 Å². The molecule has 2 N–H and O–H groups in total. The molecule has 1 heterocycles. The average Bonchev–Trinajstić information content (AvgIpc) is 2.43. The van der Waals surface area contributed by atoms with E-state index in [0.717, 1.165) is 11.3 Å². The highest BCUT2D eigenvalue weighted by Crippen LogP contribution is 2.10. The minimum absolute atomic E-state index is 0.193. The number of benzene rings is 1. The molecule has 0 aliphatic heterocycles. The summed E-state index contributed by atoms with van der Waals surface area (Å²) in [6.45, 7) is 10.3. The van der Waals surface area contributed by atoms with Crippen molar-refractivity contribution in [2.75, 3.05) is 5.32 Å². The Labute approximate surface area is 137 Å². The van der Waals surface area contributed by atoms with Crippen molar-refractivity contribution in [2.45, 2.75) is 46.7 Å². The first-order valence-electron chi connectivity index (χ1n) is 7.70. The van der Waals surface area contributed by atoms with E-state index in [1.165, 1.54) is 5.56 Å². The topological polar surface area (TPSA) is 66.9 Å². The summed E-state index contributed by atoms with van der Waals surface area (Å²) in [4.78, 5) is 20.9. The summed E-state index contributed by atoms with van der Waals surface area (Å²) in [5.41, 5.74) is 3.19. The van der Waals surface area contributed by atoms with E-state index in [9.17, 15) is 4.79 Å². The fourth-order valence-corrected chi connectivity index (χ4v) is 2.17. The molecule has 0 unspecified atom stereocenters. The quantitative estimate of drug-likeness (QED) is 0.909. The molecule has 1 amide bonds. The molecule has 5 heteroatoms. The van der Waals surface area contributed by atoms with Crippen molar-refractivity contribution in [3.05, 3.63) is 52.8 Å². The van der Waals surface area contributed by atoms with Crippen LogP contribution in [0.5, 0.6) is 0 Å². The van der Waals surface area contributed by atoms with Gasteiger partial charge in [0.1, 0.15) is 5.69 Å². The van der Waals surface area contributed by atoms with Crippen LogP contribution in [0.4, 0.5) is 5.95 Å². The summed E-state index contributed by atoms with van der Waals surface area (Å²) >= 11 is 0. The van der Waals surface area contributed by atoms with Gasteiger partial charge in [-0.05, 0) is 46.2 Å². The van der Waals surface area contributed by atoms with Gasteiger partial charge in [0, 0.05) is 17.8 Å². The van der Waals surface area contributed by atoms with Crippen molar-refractivity contribution < 1.29 is 4.79 Å². The number of aromatic nitrogens is 2. The lowest BCUT2D eigenvalue weighted by Crippen LogP contribution is -2.41. The number of carbonyl (C=O) groups is 1. The van der Waals surface area contributed by atoms with E-state index in [0.29, 0.717) is 18.2 Å². The molecule has 0 fully saturated rings. The van der Waals surface area contributed by atoms with Crippen LogP contribution in [-0.2, 0) is 6.54 Å². The molecule has 5 nitrogen and oxygen atoms in total. The van der Waals surface area contributed by atoms with Gasteiger partial charge < -0.3 is 10.6 Å². The molecule has 0 aliphatic rings. The first kappa shape index (κ1) is 16.9. The third kappa shape index (κ3) is 5.36. The fourth-order valence-electron chi connectivity index (χ4n) is 2.17. The number of nitrogens with one attached hydrogen (secondary N) is 2. The van der Waals surface area contributed by atoms with Gasteiger partial charge in [0.25, 0.3) is 5.91 Å². The van der Waals surface area contributed by atoms with Crippen LogP contribution < -0.4 is 10.6 Å². The van der Waals surface area contributed by atoms with E-state index in [-0.39, 0.29) is 11.4 Å². The molecule has 122 valence electrons. The Bertz CT molecular complexity index is 704. The molecule has 2 rings (SSSR count). The Morgan fingerprint density at radius 1 is 1.13 bits per heavy atom. The van der Waals surface area contributed by atoms with Crippen molar-refractivity contribution >= 4 is 11.9 Å². The lowest BCUT2D eigenvalue weighted by Gasteiger charge is -2.20. The zero-order valence-corrected chi connectivity index (χ0v) is 14.4. The predicted molar refractivity (Wildman–Crippen MR) is 92.5 cm³/mol. The van der Waals surface area contributed by atoms with Crippen LogP contribution in [-0.4, -0.2) is 21.4 Å². The number of nitrogens with zero attached hydrogens (tertiary/aromatic N) is 2. The summed E-state index contributed by atoms with van der Waals surface area (Å²) in [6.07, 6.45) is 0. The maximum atomic E-state index is 12.3. The molecule has 0 bridgehead atoms. The highest BCUT2D eigenvalue weighted by molar-refractivity contribution is 5.93. The van der Waals surface area contributed by atoms with Crippen LogP contribution in [0, 0.1) is 13.8 Å². The number of hydrogen-bond acceptors (Lipinski definition) is 4. The van der Waals surface area contributed by atoms with Crippen LogP contribution in [0.3, 0.4) is 0 Å². The number of amides is 1. The zero-order valence-electron chi connectivity index (χ0n) is 14.4. The maximum Gasteiger partial charge on any atom is 0.270 e. The number of rotatable bonds is 4. The Morgan fingerprint density at radius 2 is 1.87 bits per heavy atom. The Balaban J connectivity index is 2.12. The number of aryl methyl sites for hydroxylation is 2. The molecule has 0 spiro atoms. The molecule has 0 saturated carbocycles. The number of hydrogen-bond donors (Lipinski definition) is 2. The van der Waals surface area contributed by atoms with Crippen LogP contribution in [0.2, 0.25) is 0 Å². The molecule has 23 heavy (non-hydrogen) atoms. The van der Waals surface area contributed by atoms with Gasteiger partial charge in [0.05, 0.1) is 0 Å². The molecule has 1 aromatic heterocycles. The monoisotopic (exact) mass is 312 g/mol. The third-order valence-electron chi connectivity index (χ3n) is 3.11. The fraction of sp³-hybridized carbons (Fsp3) is 0.389. The number of carbonyl (C=O) groups excluding carboxylic acids is 1. The summed E-state index contributed by atoms with van der Waals surface area (Å²) < 4.78 is 0. The van der Waals surface area contributed by atoms with Crippen molar-refractivity contribution in [3.8, 4) is 0 Å². The van der Waals surface area contributed by atoms with E-state index < -0.39 is 0 Å². The van der Waals surface area contributed by atoms with E-state index in [2.05, 4.69) is 39.7 Å². The van der Waals surface area contributed by atoms with Crippen molar-refractivity contribution in [2.24, 2.45) is 0 Å². The highest BCUT2D eigenvalue weighted by Gasteiger charge is 2.17. The van der Waals surface area contributed by atoms with Crippen molar-refractivity contribution in [1.82, 2.24) is 15.3 Å². The van der Waals surface area contributed by atoms with Gasteiger partial charge in [0.15, 0.2) is 0 Å². The Kier molecular flexibility index (Phi) is 4.98. The molecule has 2 aromatic rings. The maximum absolute atomic E-state index is 12.3. The van der Waals surface area contributed by atoms with Crippen LogP contribution in [0.1, 0.15) is 48.1 Å².